The average molecular weight is 256 g/mol. The third-order valence-electron chi connectivity index (χ3n) is 3.98. The molecular formula is C13H24N2OS. The van der Waals surface area contributed by atoms with Crippen LogP contribution in [0.3, 0.4) is 0 Å². The zero-order chi connectivity index (χ0) is 13.1. The van der Waals surface area contributed by atoms with E-state index in [4.69, 9.17) is 18.0 Å². The second-order valence-electron chi connectivity index (χ2n) is 5.44. The molecule has 0 heterocycles. The van der Waals surface area contributed by atoms with Gasteiger partial charge in [-0.15, -0.1) is 0 Å². The van der Waals surface area contributed by atoms with E-state index in [-0.39, 0.29) is 23.3 Å². The fourth-order valence-electron chi connectivity index (χ4n) is 2.65. The lowest BCUT2D eigenvalue weighted by Gasteiger charge is -2.30. The molecule has 4 heteroatoms. The van der Waals surface area contributed by atoms with Crippen LogP contribution in [0.2, 0.25) is 0 Å². The molecule has 1 aliphatic rings. The molecule has 1 saturated carbocycles. The van der Waals surface area contributed by atoms with Crippen LogP contribution in [0.4, 0.5) is 0 Å². The standard InChI is InChI=1S/C13H24N2OS/c1-4-13(7-5-6-8-13)12(16)15-10(9(2)3)11(14)17/h9-10H,4-8H2,1-3H3,(H2,14,17)(H,15,16). The van der Waals surface area contributed by atoms with Gasteiger partial charge in [-0.25, -0.2) is 0 Å². The topological polar surface area (TPSA) is 55.1 Å². The van der Waals surface area contributed by atoms with Crippen LogP contribution in [0.15, 0.2) is 0 Å². The molecule has 1 atom stereocenters. The van der Waals surface area contributed by atoms with Crippen molar-refractivity contribution in [3.63, 3.8) is 0 Å². The molecule has 0 saturated heterocycles. The molecule has 3 nitrogen and oxygen atoms in total. The van der Waals surface area contributed by atoms with Crippen molar-refractivity contribution in [3.05, 3.63) is 0 Å². The van der Waals surface area contributed by atoms with Crippen molar-refractivity contribution in [2.24, 2.45) is 17.1 Å². The van der Waals surface area contributed by atoms with Crippen molar-refractivity contribution in [1.82, 2.24) is 5.32 Å². The summed E-state index contributed by atoms with van der Waals surface area (Å²) >= 11 is 5.02. The fraction of sp³-hybridized carbons (Fsp3) is 0.846. The Hall–Kier alpha value is -0.640. The van der Waals surface area contributed by atoms with Gasteiger partial charge in [0.05, 0.1) is 11.0 Å². The Morgan fingerprint density at radius 3 is 2.29 bits per heavy atom. The smallest absolute Gasteiger partial charge is 0.226 e. The van der Waals surface area contributed by atoms with Crippen molar-refractivity contribution in [2.75, 3.05) is 0 Å². The van der Waals surface area contributed by atoms with Gasteiger partial charge in [0, 0.05) is 5.41 Å². The molecule has 0 aliphatic heterocycles. The van der Waals surface area contributed by atoms with Crippen molar-refractivity contribution in [1.29, 1.82) is 0 Å². The minimum Gasteiger partial charge on any atom is -0.392 e. The van der Waals surface area contributed by atoms with E-state index in [0.717, 1.165) is 32.1 Å². The van der Waals surface area contributed by atoms with Crippen LogP contribution in [-0.2, 0) is 4.79 Å². The zero-order valence-electron chi connectivity index (χ0n) is 11.1. The van der Waals surface area contributed by atoms with Gasteiger partial charge in [-0.3, -0.25) is 4.79 Å². The predicted molar refractivity (Wildman–Crippen MR) is 74.7 cm³/mol. The quantitative estimate of drug-likeness (QED) is 0.743. The highest BCUT2D eigenvalue weighted by Crippen LogP contribution is 2.41. The first-order valence-electron chi connectivity index (χ1n) is 6.53. The summed E-state index contributed by atoms with van der Waals surface area (Å²) < 4.78 is 0. The molecule has 1 amide bonds. The maximum absolute atomic E-state index is 12.4. The lowest BCUT2D eigenvalue weighted by molar-refractivity contribution is -0.131. The minimum atomic E-state index is -0.179. The number of carbonyl (C=O) groups excluding carboxylic acids is 1. The van der Waals surface area contributed by atoms with Gasteiger partial charge in [0.25, 0.3) is 0 Å². The number of nitrogens with one attached hydrogen (secondary N) is 1. The maximum atomic E-state index is 12.4. The van der Waals surface area contributed by atoms with Gasteiger partial charge in [-0.05, 0) is 25.2 Å². The molecule has 1 rings (SSSR count). The van der Waals surface area contributed by atoms with Crippen molar-refractivity contribution < 1.29 is 4.79 Å². The Morgan fingerprint density at radius 1 is 1.41 bits per heavy atom. The summed E-state index contributed by atoms with van der Waals surface area (Å²) in [5.41, 5.74) is 5.52. The summed E-state index contributed by atoms with van der Waals surface area (Å²) in [5, 5.41) is 3.04. The molecule has 1 fully saturated rings. The van der Waals surface area contributed by atoms with Gasteiger partial charge < -0.3 is 11.1 Å². The SMILES string of the molecule is CCC1(C(=O)NC(C(N)=S)C(C)C)CCCC1. The summed E-state index contributed by atoms with van der Waals surface area (Å²) in [6, 6.07) is -0.179. The van der Waals surface area contributed by atoms with Crippen LogP contribution in [0, 0.1) is 11.3 Å². The number of rotatable bonds is 5. The molecule has 1 aliphatic carbocycles. The van der Waals surface area contributed by atoms with E-state index in [2.05, 4.69) is 12.2 Å². The van der Waals surface area contributed by atoms with Gasteiger partial charge in [0.2, 0.25) is 5.91 Å². The lowest BCUT2D eigenvalue weighted by Crippen LogP contribution is -2.51. The fourth-order valence-corrected chi connectivity index (χ4v) is 2.98. The first-order valence-corrected chi connectivity index (χ1v) is 6.94. The van der Waals surface area contributed by atoms with Crippen molar-refractivity contribution in [3.8, 4) is 0 Å². The summed E-state index contributed by atoms with van der Waals surface area (Å²) in [6.07, 6.45) is 5.21. The van der Waals surface area contributed by atoms with Gasteiger partial charge in [0.15, 0.2) is 0 Å². The Balaban J connectivity index is 2.72. The zero-order valence-corrected chi connectivity index (χ0v) is 11.9. The Kier molecular flexibility index (Phi) is 4.92. The maximum Gasteiger partial charge on any atom is 0.226 e. The summed E-state index contributed by atoms with van der Waals surface area (Å²) in [7, 11) is 0. The van der Waals surface area contributed by atoms with Crippen LogP contribution < -0.4 is 11.1 Å². The second-order valence-corrected chi connectivity index (χ2v) is 5.91. The van der Waals surface area contributed by atoms with E-state index in [1.165, 1.54) is 0 Å². The lowest BCUT2D eigenvalue weighted by atomic mass is 9.82. The molecule has 0 aromatic heterocycles. The molecule has 0 bridgehead atoms. The molecular weight excluding hydrogens is 232 g/mol. The van der Waals surface area contributed by atoms with Gasteiger partial charge >= 0.3 is 0 Å². The molecule has 1 unspecified atom stereocenters. The van der Waals surface area contributed by atoms with Crippen LogP contribution in [0.1, 0.15) is 52.9 Å². The van der Waals surface area contributed by atoms with E-state index in [0.29, 0.717) is 4.99 Å². The Labute approximate surface area is 110 Å². The van der Waals surface area contributed by atoms with Crippen LogP contribution in [-0.4, -0.2) is 16.9 Å². The second kappa shape index (κ2) is 5.80. The number of hydrogen-bond acceptors (Lipinski definition) is 2. The average Bonchev–Trinajstić information content (AvgIpc) is 2.74. The summed E-state index contributed by atoms with van der Waals surface area (Å²) in [4.78, 5) is 12.8. The highest BCUT2D eigenvalue weighted by Gasteiger charge is 2.40. The highest BCUT2D eigenvalue weighted by atomic mass is 32.1. The molecule has 17 heavy (non-hydrogen) atoms. The molecule has 3 N–H and O–H groups in total. The normalized spacial score (nSPS) is 20.2. The predicted octanol–water partition coefficient (Wildman–Crippen LogP) is 2.38. The van der Waals surface area contributed by atoms with E-state index >= 15 is 0 Å². The highest BCUT2D eigenvalue weighted by molar-refractivity contribution is 7.80. The molecule has 0 aromatic rings. The first kappa shape index (κ1) is 14.4. The number of nitrogens with two attached hydrogens (primary N) is 1. The van der Waals surface area contributed by atoms with E-state index in [9.17, 15) is 4.79 Å². The molecule has 0 radical (unpaired) electrons. The first-order chi connectivity index (χ1) is 7.93. The van der Waals surface area contributed by atoms with Crippen LogP contribution in [0.5, 0.6) is 0 Å². The number of carbonyl (C=O) groups is 1. The molecule has 0 spiro atoms. The van der Waals surface area contributed by atoms with Crippen LogP contribution >= 0.6 is 12.2 Å². The van der Waals surface area contributed by atoms with Gasteiger partial charge in [0.1, 0.15) is 0 Å². The molecule has 98 valence electrons. The third kappa shape index (κ3) is 3.18. The van der Waals surface area contributed by atoms with E-state index in [1.54, 1.807) is 0 Å². The number of amides is 1. The monoisotopic (exact) mass is 256 g/mol. The Bertz CT molecular complexity index is 296. The van der Waals surface area contributed by atoms with Gasteiger partial charge in [-0.1, -0.05) is 45.8 Å². The van der Waals surface area contributed by atoms with Crippen molar-refractivity contribution in [2.45, 2.75) is 58.9 Å². The van der Waals surface area contributed by atoms with Crippen molar-refractivity contribution >= 4 is 23.1 Å². The summed E-state index contributed by atoms with van der Waals surface area (Å²) in [6.45, 7) is 6.14. The third-order valence-corrected chi connectivity index (χ3v) is 4.23. The summed E-state index contributed by atoms with van der Waals surface area (Å²) in [5.74, 6) is 0.385. The number of hydrogen-bond donors (Lipinski definition) is 2. The van der Waals surface area contributed by atoms with Crippen LogP contribution in [0.25, 0.3) is 0 Å². The molecule has 0 aromatic carbocycles. The van der Waals surface area contributed by atoms with E-state index < -0.39 is 0 Å². The minimum absolute atomic E-state index is 0.143. The van der Waals surface area contributed by atoms with Gasteiger partial charge in [-0.2, -0.15) is 0 Å². The number of thiocarbonyl (C=S) groups is 1. The van der Waals surface area contributed by atoms with E-state index in [1.807, 2.05) is 13.8 Å². The Morgan fingerprint density at radius 2 is 1.94 bits per heavy atom. The largest absolute Gasteiger partial charge is 0.392 e.